The summed E-state index contributed by atoms with van der Waals surface area (Å²) in [6, 6.07) is 3.63. The highest BCUT2D eigenvalue weighted by atomic mass is 35.5. The van der Waals surface area contributed by atoms with Gasteiger partial charge in [-0.15, -0.1) is 0 Å². The first-order valence-electron chi connectivity index (χ1n) is 5.56. The number of hydrogen-bond donors (Lipinski definition) is 1. The van der Waals surface area contributed by atoms with Gasteiger partial charge in [0.25, 0.3) is 5.91 Å². The number of rotatable bonds is 2. The molecule has 0 aliphatic heterocycles. The quantitative estimate of drug-likeness (QED) is 0.861. The summed E-state index contributed by atoms with van der Waals surface area (Å²) in [5, 5.41) is 5.09. The van der Waals surface area contributed by atoms with E-state index in [0.29, 0.717) is 0 Å². The van der Waals surface area contributed by atoms with Crippen LogP contribution in [0.15, 0.2) is 24.4 Å². The Bertz CT molecular complexity index is 676. The first-order valence-corrected chi connectivity index (χ1v) is 5.94. The number of carbonyl (C=O) groups excluding carboxylic acids is 1. The molecule has 2 aromatic rings. The number of hydrogen-bond acceptors (Lipinski definition) is 2. The van der Waals surface area contributed by atoms with Crippen LogP contribution in [0.25, 0.3) is 0 Å². The summed E-state index contributed by atoms with van der Waals surface area (Å²) < 4.78 is 52.7. The highest BCUT2D eigenvalue weighted by Crippen LogP contribution is 2.31. The van der Waals surface area contributed by atoms with Gasteiger partial charge >= 0.3 is 6.18 Å². The Kier molecular flexibility index (Phi) is 3.91. The number of amides is 1. The number of aromatic nitrogens is 2. The van der Waals surface area contributed by atoms with Crippen LogP contribution in [0.5, 0.6) is 0 Å². The lowest BCUT2D eigenvalue weighted by atomic mass is 10.2. The van der Waals surface area contributed by atoms with Gasteiger partial charge < -0.3 is 5.32 Å². The van der Waals surface area contributed by atoms with Crippen LogP contribution in [0.2, 0.25) is 5.02 Å². The molecule has 1 N–H and O–H groups in total. The summed E-state index contributed by atoms with van der Waals surface area (Å²) in [5.74, 6) is -2.00. The van der Waals surface area contributed by atoms with Crippen molar-refractivity contribution in [1.29, 1.82) is 0 Å². The van der Waals surface area contributed by atoms with Crippen molar-refractivity contribution in [2.75, 3.05) is 5.32 Å². The minimum Gasteiger partial charge on any atom is -0.318 e. The molecule has 9 heteroatoms. The normalized spacial score (nSPS) is 11.5. The maximum absolute atomic E-state index is 13.5. The zero-order chi connectivity index (χ0) is 15.8. The maximum Gasteiger partial charge on any atom is 0.435 e. The molecule has 1 heterocycles. The maximum atomic E-state index is 13.5. The molecule has 0 atom stereocenters. The number of carbonyl (C=O) groups is 1. The van der Waals surface area contributed by atoms with Gasteiger partial charge in [-0.1, -0.05) is 17.7 Å². The molecule has 1 aromatic heterocycles. The van der Waals surface area contributed by atoms with Crippen molar-refractivity contribution in [3.05, 3.63) is 46.5 Å². The Hall–Kier alpha value is -2.09. The SMILES string of the molecule is Cn1cc(C(=O)Nc2c(F)cccc2Cl)c(C(F)(F)F)n1. The van der Waals surface area contributed by atoms with Gasteiger partial charge in [0, 0.05) is 13.2 Å². The molecule has 0 bridgehead atoms. The second kappa shape index (κ2) is 5.36. The Morgan fingerprint density at radius 3 is 2.62 bits per heavy atom. The fourth-order valence-corrected chi connectivity index (χ4v) is 1.87. The lowest BCUT2D eigenvalue weighted by Gasteiger charge is -2.09. The van der Waals surface area contributed by atoms with Crippen LogP contribution < -0.4 is 5.32 Å². The van der Waals surface area contributed by atoms with Crippen molar-refractivity contribution in [3.63, 3.8) is 0 Å². The van der Waals surface area contributed by atoms with E-state index in [1.807, 2.05) is 5.32 Å². The average molecular weight is 322 g/mol. The third kappa shape index (κ3) is 3.15. The van der Waals surface area contributed by atoms with Crippen LogP contribution in [0.1, 0.15) is 16.1 Å². The molecule has 0 fully saturated rings. The summed E-state index contributed by atoms with van der Waals surface area (Å²) >= 11 is 5.70. The van der Waals surface area contributed by atoms with Crippen molar-refractivity contribution in [2.24, 2.45) is 7.05 Å². The van der Waals surface area contributed by atoms with Crippen LogP contribution in [-0.2, 0) is 13.2 Å². The highest BCUT2D eigenvalue weighted by Gasteiger charge is 2.39. The van der Waals surface area contributed by atoms with Crippen molar-refractivity contribution in [1.82, 2.24) is 9.78 Å². The molecule has 0 saturated heterocycles. The fourth-order valence-electron chi connectivity index (χ4n) is 1.66. The smallest absolute Gasteiger partial charge is 0.318 e. The van der Waals surface area contributed by atoms with E-state index in [9.17, 15) is 22.4 Å². The van der Waals surface area contributed by atoms with Crippen LogP contribution in [0, 0.1) is 5.82 Å². The molecule has 1 aromatic carbocycles. The van der Waals surface area contributed by atoms with Gasteiger partial charge in [0.2, 0.25) is 0 Å². The number of halogens is 5. The summed E-state index contributed by atoms with van der Waals surface area (Å²) in [4.78, 5) is 11.9. The molecule has 1 amide bonds. The van der Waals surface area contributed by atoms with Gasteiger partial charge in [0.05, 0.1) is 16.3 Å². The molecule has 0 radical (unpaired) electrons. The third-order valence-electron chi connectivity index (χ3n) is 2.54. The zero-order valence-electron chi connectivity index (χ0n) is 10.5. The van der Waals surface area contributed by atoms with E-state index in [2.05, 4.69) is 5.10 Å². The van der Waals surface area contributed by atoms with Crippen molar-refractivity contribution < 1.29 is 22.4 Å². The number of nitrogens with zero attached hydrogens (tertiary/aromatic N) is 2. The van der Waals surface area contributed by atoms with E-state index < -0.39 is 29.2 Å². The number of benzene rings is 1. The number of para-hydroxylation sites is 1. The Morgan fingerprint density at radius 1 is 1.38 bits per heavy atom. The second-order valence-corrected chi connectivity index (χ2v) is 4.52. The molecule has 0 spiro atoms. The lowest BCUT2D eigenvalue weighted by Crippen LogP contribution is -2.18. The van der Waals surface area contributed by atoms with E-state index >= 15 is 0 Å². The molecule has 0 unspecified atom stereocenters. The summed E-state index contributed by atoms with van der Waals surface area (Å²) in [6.45, 7) is 0. The number of anilines is 1. The molecule has 2 rings (SSSR count). The van der Waals surface area contributed by atoms with Crippen LogP contribution in [0.4, 0.5) is 23.2 Å². The van der Waals surface area contributed by atoms with Gasteiger partial charge in [-0.3, -0.25) is 9.48 Å². The van der Waals surface area contributed by atoms with Crippen LogP contribution in [-0.4, -0.2) is 15.7 Å². The predicted octanol–water partition coefficient (Wildman–Crippen LogP) is 3.48. The number of nitrogens with one attached hydrogen (secondary N) is 1. The Morgan fingerprint density at radius 2 is 2.05 bits per heavy atom. The van der Waals surface area contributed by atoms with Crippen molar-refractivity contribution >= 4 is 23.2 Å². The monoisotopic (exact) mass is 321 g/mol. The molecule has 0 aliphatic carbocycles. The number of aryl methyl sites for hydroxylation is 1. The fraction of sp³-hybridized carbons (Fsp3) is 0.167. The molecule has 0 aliphatic rings. The molecular formula is C12H8ClF4N3O. The molecule has 112 valence electrons. The van der Waals surface area contributed by atoms with Crippen molar-refractivity contribution in [2.45, 2.75) is 6.18 Å². The van der Waals surface area contributed by atoms with E-state index in [1.165, 1.54) is 19.2 Å². The van der Waals surface area contributed by atoms with E-state index in [0.717, 1.165) is 16.9 Å². The van der Waals surface area contributed by atoms with Crippen molar-refractivity contribution in [3.8, 4) is 0 Å². The summed E-state index contributed by atoms with van der Waals surface area (Å²) in [5.41, 5.74) is -2.46. The lowest BCUT2D eigenvalue weighted by molar-refractivity contribution is -0.141. The second-order valence-electron chi connectivity index (χ2n) is 4.11. The standard InChI is InChI=1S/C12H8ClF4N3O/c1-20-5-6(10(19-20)12(15,16)17)11(21)18-9-7(13)3-2-4-8(9)14/h2-5H,1H3,(H,18,21). The summed E-state index contributed by atoms with van der Waals surface area (Å²) in [7, 11) is 1.24. The third-order valence-corrected chi connectivity index (χ3v) is 2.86. The van der Waals surface area contributed by atoms with Gasteiger partial charge in [-0.05, 0) is 12.1 Å². The minimum atomic E-state index is -4.80. The van der Waals surface area contributed by atoms with Gasteiger partial charge in [0.15, 0.2) is 5.69 Å². The van der Waals surface area contributed by atoms with Crippen LogP contribution >= 0.6 is 11.6 Å². The van der Waals surface area contributed by atoms with Gasteiger partial charge in [-0.25, -0.2) is 4.39 Å². The van der Waals surface area contributed by atoms with Crippen LogP contribution in [0.3, 0.4) is 0 Å². The minimum absolute atomic E-state index is 0.124. The summed E-state index contributed by atoms with van der Waals surface area (Å²) in [6.07, 6.45) is -3.90. The zero-order valence-corrected chi connectivity index (χ0v) is 11.3. The van der Waals surface area contributed by atoms with E-state index in [4.69, 9.17) is 11.6 Å². The van der Waals surface area contributed by atoms with Gasteiger partial charge in [-0.2, -0.15) is 18.3 Å². The Labute approximate surface area is 121 Å². The molecule has 4 nitrogen and oxygen atoms in total. The molecule has 0 saturated carbocycles. The topological polar surface area (TPSA) is 46.9 Å². The first kappa shape index (κ1) is 15.3. The first-order chi connectivity index (χ1) is 9.70. The largest absolute Gasteiger partial charge is 0.435 e. The Balaban J connectivity index is 2.38. The van der Waals surface area contributed by atoms with E-state index in [-0.39, 0.29) is 10.7 Å². The van der Waals surface area contributed by atoms with E-state index in [1.54, 1.807) is 0 Å². The average Bonchev–Trinajstić information content (AvgIpc) is 2.76. The van der Waals surface area contributed by atoms with Gasteiger partial charge in [0.1, 0.15) is 5.82 Å². The number of alkyl halides is 3. The highest BCUT2D eigenvalue weighted by molar-refractivity contribution is 6.34. The molecular weight excluding hydrogens is 314 g/mol. The predicted molar refractivity (Wildman–Crippen MR) is 67.6 cm³/mol. The molecule has 21 heavy (non-hydrogen) atoms.